The first-order valence-electron chi connectivity index (χ1n) is 11.6. The van der Waals surface area contributed by atoms with Crippen LogP contribution < -0.4 is 10.7 Å². The number of aromatic nitrogens is 1. The van der Waals surface area contributed by atoms with E-state index in [0.717, 1.165) is 27.6 Å². The Kier molecular flexibility index (Phi) is 7.69. The lowest BCUT2D eigenvalue weighted by molar-refractivity contribution is 0.0931. The van der Waals surface area contributed by atoms with Crippen LogP contribution in [0.4, 0.5) is 0 Å². The van der Waals surface area contributed by atoms with Gasteiger partial charge in [0.2, 0.25) is 0 Å². The number of aryl methyl sites for hydroxylation is 2. The molecule has 0 spiro atoms. The molecule has 1 heterocycles. The molecule has 1 N–H and O–H groups in total. The molecule has 0 aliphatic rings. The van der Waals surface area contributed by atoms with E-state index in [1.165, 1.54) is 6.07 Å². The number of rotatable bonds is 8. The summed E-state index contributed by atoms with van der Waals surface area (Å²) in [5.74, 6) is -0.408. The van der Waals surface area contributed by atoms with E-state index in [2.05, 4.69) is 5.32 Å². The molecule has 180 valence electrons. The molecule has 4 rings (SSSR count). The molecule has 1 amide bonds. The fourth-order valence-electron chi connectivity index (χ4n) is 4.58. The maximum Gasteiger partial charge on any atom is 0.257 e. The van der Waals surface area contributed by atoms with Crippen LogP contribution in [-0.2, 0) is 24.3 Å². The van der Waals surface area contributed by atoms with Crippen LogP contribution in [0.5, 0.6) is 0 Å². The van der Waals surface area contributed by atoms with Gasteiger partial charge in [0.1, 0.15) is 5.56 Å². The lowest BCUT2D eigenvalue weighted by atomic mass is 9.99. The first-order chi connectivity index (χ1) is 16.9. The Bertz CT molecular complexity index is 1420. The van der Waals surface area contributed by atoms with E-state index in [1.807, 2.05) is 85.1 Å². The first kappa shape index (κ1) is 24.7. The third-order valence-corrected chi connectivity index (χ3v) is 6.70. The number of carbonyl (C=O) groups is 1. The average molecular weight is 489 g/mol. The second kappa shape index (κ2) is 10.9. The van der Waals surface area contributed by atoms with Crippen LogP contribution in [0.25, 0.3) is 10.8 Å². The van der Waals surface area contributed by atoms with Gasteiger partial charge < -0.3 is 14.6 Å². The highest BCUT2D eigenvalue weighted by Gasteiger charge is 2.22. The second-order valence-electron chi connectivity index (χ2n) is 8.66. The number of carbonyl (C=O) groups excluding carboxylic acids is 1. The van der Waals surface area contributed by atoms with Gasteiger partial charge in [-0.15, -0.1) is 0 Å². The van der Waals surface area contributed by atoms with Crippen molar-refractivity contribution in [3.05, 3.63) is 116 Å². The van der Waals surface area contributed by atoms with Gasteiger partial charge >= 0.3 is 0 Å². The third kappa shape index (κ3) is 5.31. The summed E-state index contributed by atoms with van der Waals surface area (Å²) in [6, 6.07) is 23.0. The summed E-state index contributed by atoms with van der Waals surface area (Å²) in [6.45, 7) is 4.51. The molecule has 0 saturated heterocycles. The minimum absolute atomic E-state index is 0.115. The quantitative estimate of drug-likeness (QED) is 0.339. The van der Waals surface area contributed by atoms with Gasteiger partial charge in [0.15, 0.2) is 5.43 Å². The normalized spacial score (nSPS) is 12.0. The monoisotopic (exact) mass is 488 g/mol. The molecule has 1 aromatic heterocycles. The van der Waals surface area contributed by atoms with Crippen LogP contribution >= 0.6 is 11.6 Å². The molecule has 3 aromatic carbocycles. The summed E-state index contributed by atoms with van der Waals surface area (Å²) < 4.78 is 7.40. The molecule has 1 atom stereocenters. The van der Waals surface area contributed by atoms with Crippen LogP contribution in [0.15, 0.2) is 77.6 Å². The largest absolute Gasteiger partial charge is 0.378 e. The predicted octanol–water partition coefficient (Wildman–Crippen LogP) is 5.84. The number of ether oxygens (including phenoxy) is 1. The van der Waals surface area contributed by atoms with E-state index in [4.69, 9.17) is 16.3 Å². The number of methoxy groups -OCH3 is 1. The van der Waals surface area contributed by atoms with Crippen LogP contribution in [-0.4, -0.2) is 17.6 Å². The molecule has 0 saturated carbocycles. The van der Waals surface area contributed by atoms with Gasteiger partial charge in [0.05, 0.1) is 18.3 Å². The predicted molar refractivity (Wildman–Crippen MR) is 141 cm³/mol. The van der Waals surface area contributed by atoms with Gasteiger partial charge in [0.25, 0.3) is 5.91 Å². The van der Waals surface area contributed by atoms with Gasteiger partial charge in [-0.05, 0) is 48.2 Å². The summed E-state index contributed by atoms with van der Waals surface area (Å²) >= 11 is 6.35. The molecular formula is C29H29ClN2O3. The molecular weight excluding hydrogens is 460 g/mol. The molecule has 35 heavy (non-hydrogen) atoms. The highest BCUT2D eigenvalue weighted by molar-refractivity contribution is 6.31. The van der Waals surface area contributed by atoms with Gasteiger partial charge in [-0.2, -0.15) is 0 Å². The number of pyridine rings is 1. The number of nitrogens with one attached hydrogen (secondary N) is 1. The van der Waals surface area contributed by atoms with Crippen LogP contribution in [0.2, 0.25) is 5.02 Å². The van der Waals surface area contributed by atoms with Crippen molar-refractivity contribution in [3.8, 4) is 0 Å². The van der Waals surface area contributed by atoms with E-state index in [9.17, 15) is 9.59 Å². The van der Waals surface area contributed by atoms with Crippen molar-refractivity contribution in [3.63, 3.8) is 0 Å². The standard InChI is InChI=1S/C29H29ClN2O3/c1-19-17-27(33)28(26(18-35-3)32(19)16-15-22-10-5-7-14-25(22)30)29(34)31-20(2)23-13-8-11-21-9-4-6-12-24(21)23/h4-14,17,20H,15-16,18H2,1-3H3,(H,31,34). The Hall–Kier alpha value is -3.41. The third-order valence-electron chi connectivity index (χ3n) is 6.33. The zero-order valence-electron chi connectivity index (χ0n) is 20.2. The number of nitrogens with zero attached hydrogens (tertiary/aromatic N) is 1. The Labute approximate surface area is 210 Å². The van der Waals surface area contributed by atoms with E-state index in [-0.39, 0.29) is 23.6 Å². The van der Waals surface area contributed by atoms with E-state index < -0.39 is 5.91 Å². The lowest BCUT2D eigenvalue weighted by Gasteiger charge is -2.22. The van der Waals surface area contributed by atoms with Crippen LogP contribution in [0, 0.1) is 6.92 Å². The number of hydrogen-bond acceptors (Lipinski definition) is 3. The highest BCUT2D eigenvalue weighted by atomic mass is 35.5. The Morgan fingerprint density at radius 3 is 2.54 bits per heavy atom. The zero-order valence-corrected chi connectivity index (χ0v) is 20.9. The number of amides is 1. The summed E-state index contributed by atoms with van der Waals surface area (Å²) in [6.07, 6.45) is 0.660. The van der Waals surface area contributed by atoms with Gasteiger partial charge in [-0.1, -0.05) is 72.3 Å². The van der Waals surface area contributed by atoms with Gasteiger partial charge in [-0.3, -0.25) is 9.59 Å². The van der Waals surface area contributed by atoms with Gasteiger partial charge in [0, 0.05) is 30.4 Å². The van der Waals surface area contributed by atoms with Crippen molar-refractivity contribution >= 4 is 28.3 Å². The van der Waals surface area contributed by atoms with Crippen molar-refractivity contribution in [1.29, 1.82) is 0 Å². The first-order valence-corrected chi connectivity index (χ1v) is 12.0. The van der Waals surface area contributed by atoms with Crippen LogP contribution in [0.3, 0.4) is 0 Å². The van der Waals surface area contributed by atoms with Gasteiger partial charge in [-0.25, -0.2) is 0 Å². The lowest BCUT2D eigenvalue weighted by Crippen LogP contribution is -2.34. The average Bonchev–Trinajstić information content (AvgIpc) is 2.84. The van der Waals surface area contributed by atoms with Crippen molar-refractivity contribution < 1.29 is 9.53 Å². The highest BCUT2D eigenvalue weighted by Crippen LogP contribution is 2.25. The van der Waals surface area contributed by atoms with Crippen molar-refractivity contribution in [2.45, 2.75) is 39.5 Å². The summed E-state index contributed by atoms with van der Waals surface area (Å²) in [5, 5.41) is 5.91. The van der Waals surface area contributed by atoms with Crippen LogP contribution in [0.1, 0.15) is 45.8 Å². The number of benzene rings is 3. The Morgan fingerprint density at radius 1 is 1.06 bits per heavy atom. The summed E-state index contributed by atoms with van der Waals surface area (Å²) in [5.41, 5.74) is 3.14. The molecule has 0 aliphatic heterocycles. The molecule has 0 fully saturated rings. The Balaban J connectivity index is 1.67. The fraction of sp³-hybridized carbons (Fsp3) is 0.241. The van der Waals surface area contributed by atoms with E-state index in [1.54, 1.807) is 7.11 Å². The Morgan fingerprint density at radius 2 is 1.77 bits per heavy atom. The zero-order chi connectivity index (χ0) is 24.9. The minimum Gasteiger partial charge on any atom is -0.378 e. The molecule has 1 unspecified atom stereocenters. The van der Waals surface area contributed by atoms with E-state index >= 15 is 0 Å². The molecule has 6 heteroatoms. The van der Waals surface area contributed by atoms with Crippen molar-refractivity contribution in [2.24, 2.45) is 0 Å². The fourth-order valence-corrected chi connectivity index (χ4v) is 4.81. The second-order valence-corrected chi connectivity index (χ2v) is 9.07. The number of halogens is 1. The smallest absolute Gasteiger partial charge is 0.257 e. The van der Waals surface area contributed by atoms with Crippen molar-refractivity contribution in [1.82, 2.24) is 9.88 Å². The van der Waals surface area contributed by atoms with E-state index in [0.29, 0.717) is 23.7 Å². The molecule has 5 nitrogen and oxygen atoms in total. The molecule has 4 aromatic rings. The SMILES string of the molecule is COCc1c(C(=O)NC(C)c2cccc3ccccc23)c(=O)cc(C)n1CCc1ccccc1Cl. The molecule has 0 radical (unpaired) electrons. The maximum absolute atomic E-state index is 13.5. The maximum atomic E-state index is 13.5. The summed E-state index contributed by atoms with van der Waals surface area (Å²) in [4.78, 5) is 26.5. The van der Waals surface area contributed by atoms with Crippen molar-refractivity contribution in [2.75, 3.05) is 7.11 Å². The topological polar surface area (TPSA) is 60.3 Å². The minimum atomic E-state index is -0.408. The summed E-state index contributed by atoms with van der Waals surface area (Å²) in [7, 11) is 1.56. The number of fused-ring (bicyclic) bond motifs is 1. The molecule has 0 bridgehead atoms. The molecule has 0 aliphatic carbocycles. The number of hydrogen-bond donors (Lipinski definition) is 1.